The van der Waals surface area contributed by atoms with Crippen molar-refractivity contribution in [3.8, 4) is 0 Å². The van der Waals surface area contributed by atoms with Crippen molar-refractivity contribution in [3.63, 3.8) is 0 Å². The zero-order chi connectivity index (χ0) is 12.2. The molecular weight excluding hydrogens is 204 g/mol. The van der Waals surface area contributed by atoms with Crippen LogP contribution in [0.15, 0.2) is 6.33 Å². The molecule has 0 fully saturated rings. The molecule has 0 aliphatic carbocycles. The van der Waals surface area contributed by atoms with E-state index in [0.29, 0.717) is 13.0 Å². The Hall–Kier alpha value is -0.940. The Labute approximate surface area is 97.0 Å². The quantitative estimate of drug-likeness (QED) is 0.813. The molecule has 0 aliphatic rings. The van der Waals surface area contributed by atoms with Crippen LogP contribution < -0.4 is 5.73 Å². The number of hydrogen-bond acceptors (Lipinski definition) is 4. The molecule has 0 saturated carbocycles. The molecule has 2 N–H and O–H groups in total. The molecule has 0 amide bonds. The summed E-state index contributed by atoms with van der Waals surface area (Å²) in [7, 11) is 0. The lowest BCUT2D eigenvalue weighted by Crippen LogP contribution is -2.34. The van der Waals surface area contributed by atoms with Crippen molar-refractivity contribution in [2.75, 3.05) is 6.61 Å². The lowest BCUT2D eigenvalue weighted by molar-refractivity contribution is -0.0101. The molecule has 1 atom stereocenters. The maximum Gasteiger partial charge on any atom is 0.138 e. The zero-order valence-electron chi connectivity index (χ0n) is 10.6. The van der Waals surface area contributed by atoms with Gasteiger partial charge in [-0.05, 0) is 27.7 Å². The van der Waals surface area contributed by atoms with E-state index >= 15 is 0 Å². The molecule has 1 rings (SSSR count). The van der Waals surface area contributed by atoms with Crippen molar-refractivity contribution < 1.29 is 4.74 Å². The number of rotatable bonds is 5. The van der Waals surface area contributed by atoms with Gasteiger partial charge in [0.25, 0.3) is 0 Å². The predicted molar refractivity (Wildman–Crippen MR) is 63.1 cm³/mol. The topological polar surface area (TPSA) is 66.0 Å². The fourth-order valence-corrected chi connectivity index (χ4v) is 1.36. The average molecular weight is 226 g/mol. The minimum absolute atomic E-state index is 0.0336. The molecule has 5 nitrogen and oxygen atoms in total. The summed E-state index contributed by atoms with van der Waals surface area (Å²) in [5.41, 5.74) is 5.85. The summed E-state index contributed by atoms with van der Waals surface area (Å²) >= 11 is 0. The number of nitrogens with zero attached hydrogens (tertiary/aromatic N) is 3. The van der Waals surface area contributed by atoms with Crippen LogP contribution in [0.2, 0.25) is 0 Å². The van der Waals surface area contributed by atoms with Crippen LogP contribution in [0.5, 0.6) is 0 Å². The van der Waals surface area contributed by atoms with Gasteiger partial charge in [-0.3, -0.25) is 4.68 Å². The van der Waals surface area contributed by atoms with E-state index in [1.54, 1.807) is 6.33 Å². The highest BCUT2D eigenvalue weighted by Gasteiger charge is 2.14. The van der Waals surface area contributed by atoms with Gasteiger partial charge in [-0.25, -0.2) is 4.98 Å². The van der Waals surface area contributed by atoms with E-state index in [2.05, 4.69) is 10.1 Å². The van der Waals surface area contributed by atoms with Gasteiger partial charge in [-0.15, -0.1) is 0 Å². The Morgan fingerprint density at radius 1 is 1.50 bits per heavy atom. The summed E-state index contributed by atoms with van der Waals surface area (Å²) in [5.74, 6) is 0.924. The third-order valence-electron chi connectivity index (χ3n) is 2.17. The first-order valence-electron chi connectivity index (χ1n) is 5.68. The molecule has 5 heteroatoms. The second kappa shape index (κ2) is 5.41. The van der Waals surface area contributed by atoms with Crippen molar-refractivity contribution in [1.82, 2.24) is 14.8 Å². The molecule has 92 valence electrons. The molecule has 0 bridgehead atoms. The predicted octanol–water partition coefficient (Wildman–Crippen LogP) is 0.983. The zero-order valence-corrected chi connectivity index (χ0v) is 10.6. The number of aryl methyl sites for hydroxylation is 1. The number of aromatic nitrogens is 3. The first-order chi connectivity index (χ1) is 7.42. The molecule has 1 heterocycles. The van der Waals surface area contributed by atoms with Gasteiger partial charge in [0.2, 0.25) is 0 Å². The monoisotopic (exact) mass is 226 g/mol. The van der Waals surface area contributed by atoms with Crippen LogP contribution in [0.4, 0.5) is 0 Å². The highest BCUT2D eigenvalue weighted by atomic mass is 16.5. The third-order valence-corrected chi connectivity index (χ3v) is 2.17. The van der Waals surface area contributed by atoms with E-state index in [9.17, 15) is 0 Å². The van der Waals surface area contributed by atoms with Gasteiger partial charge in [0.1, 0.15) is 12.2 Å². The Morgan fingerprint density at radius 3 is 2.75 bits per heavy atom. The van der Waals surface area contributed by atoms with Gasteiger partial charge < -0.3 is 10.5 Å². The maximum atomic E-state index is 5.99. The largest absolute Gasteiger partial charge is 0.374 e. The van der Waals surface area contributed by atoms with Crippen molar-refractivity contribution >= 4 is 0 Å². The summed E-state index contributed by atoms with van der Waals surface area (Å²) in [6.45, 7) is 9.47. The molecule has 0 spiro atoms. The van der Waals surface area contributed by atoms with E-state index in [1.807, 2.05) is 32.4 Å². The second-order valence-corrected chi connectivity index (χ2v) is 4.88. The fraction of sp³-hybridized carbons (Fsp3) is 0.818. The Bertz CT molecular complexity index is 316. The molecule has 0 radical (unpaired) electrons. The smallest absolute Gasteiger partial charge is 0.138 e. The Morgan fingerprint density at radius 2 is 2.19 bits per heavy atom. The van der Waals surface area contributed by atoms with Gasteiger partial charge in [0.15, 0.2) is 0 Å². The van der Waals surface area contributed by atoms with Gasteiger partial charge in [-0.1, -0.05) is 0 Å². The number of ether oxygens (including phenoxy) is 1. The number of nitrogens with two attached hydrogens (primary N) is 1. The molecule has 16 heavy (non-hydrogen) atoms. The highest BCUT2D eigenvalue weighted by Crippen LogP contribution is 2.08. The number of hydrogen-bond donors (Lipinski definition) is 1. The van der Waals surface area contributed by atoms with Crippen molar-refractivity contribution in [1.29, 1.82) is 0 Å². The molecule has 0 aromatic carbocycles. The minimum atomic E-state index is -0.143. The van der Waals surface area contributed by atoms with E-state index in [-0.39, 0.29) is 11.6 Å². The van der Waals surface area contributed by atoms with Gasteiger partial charge in [0, 0.05) is 19.0 Å². The second-order valence-electron chi connectivity index (χ2n) is 4.88. The highest BCUT2D eigenvalue weighted by molar-refractivity contribution is 4.88. The lowest BCUT2D eigenvalue weighted by Gasteiger charge is -2.22. The van der Waals surface area contributed by atoms with E-state index < -0.39 is 0 Å². The Balaban J connectivity index is 2.42. The van der Waals surface area contributed by atoms with Crippen LogP contribution in [0.25, 0.3) is 0 Å². The van der Waals surface area contributed by atoms with Crippen molar-refractivity contribution in [3.05, 3.63) is 12.2 Å². The normalized spacial score (nSPS) is 14.1. The standard InChI is InChI=1S/C11H22N4O/c1-5-15-10(13-8-14-15)6-9(12)7-16-11(2,3)4/h8-9H,5-7,12H2,1-4H3. The van der Waals surface area contributed by atoms with Gasteiger partial charge >= 0.3 is 0 Å². The first kappa shape index (κ1) is 13.1. The molecule has 0 saturated heterocycles. The fourth-order valence-electron chi connectivity index (χ4n) is 1.36. The summed E-state index contributed by atoms with van der Waals surface area (Å²) in [6.07, 6.45) is 2.26. The summed E-state index contributed by atoms with van der Waals surface area (Å²) in [4.78, 5) is 4.19. The molecular formula is C11H22N4O. The van der Waals surface area contributed by atoms with Gasteiger partial charge in [-0.2, -0.15) is 5.10 Å². The molecule has 1 aromatic rings. The molecule has 0 aliphatic heterocycles. The lowest BCUT2D eigenvalue weighted by atomic mass is 10.1. The maximum absolute atomic E-state index is 5.99. The minimum Gasteiger partial charge on any atom is -0.374 e. The van der Waals surface area contributed by atoms with Crippen LogP contribution >= 0.6 is 0 Å². The van der Waals surface area contributed by atoms with Crippen LogP contribution in [-0.4, -0.2) is 33.0 Å². The van der Waals surface area contributed by atoms with Crippen molar-refractivity contribution in [2.45, 2.75) is 52.3 Å². The summed E-state index contributed by atoms with van der Waals surface area (Å²) < 4.78 is 7.49. The van der Waals surface area contributed by atoms with Crippen LogP contribution in [0, 0.1) is 0 Å². The van der Waals surface area contributed by atoms with Crippen LogP contribution in [0.3, 0.4) is 0 Å². The molecule has 1 unspecified atom stereocenters. The molecule has 1 aromatic heterocycles. The van der Waals surface area contributed by atoms with E-state index in [1.165, 1.54) is 0 Å². The van der Waals surface area contributed by atoms with E-state index in [0.717, 1.165) is 12.4 Å². The first-order valence-corrected chi connectivity index (χ1v) is 5.68. The van der Waals surface area contributed by atoms with E-state index in [4.69, 9.17) is 10.5 Å². The summed E-state index contributed by atoms with van der Waals surface area (Å²) in [5, 5.41) is 4.11. The van der Waals surface area contributed by atoms with Crippen LogP contribution in [0.1, 0.15) is 33.5 Å². The average Bonchev–Trinajstić information content (AvgIpc) is 2.61. The summed E-state index contributed by atoms with van der Waals surface area (Å²) in [6, 6.07) is -0.0336. The van der Waals surface area contributed by atoms with Crippen molar-refractivity contribution in [2.24, 2.45) is 5.73 Å². The van der Waals surface area contributed by atoms with Crippen LogP contribution in [-0.2, 0) is 17.7 Å². The third kappa shape index (κ3) is 4.28. The Kier molecular flexibility index (Phi) is 4.44. The van der Waals surface area contributed by atoms with Gasteiger partial charge in [0.05, 0.1) is 12.2 Å². The SMILES string of the molecule is CCn1ncnc1CC(N)COC(C)(C)C.